The zero-order chi connectivity index (χ0) is 15.6. The molecule has 6 heteroatoms. The Morgan fingerprint density at radius 3 is 2.48 bits per heavy atom. The molecule has 1 aromatic rings. The minimum atomic E-state index is -0.292. The van der Waals surface area contributed by atoms with Gasteiger partial charge in [0.2, 0.25) is 11.0 Å². The molecule has 0 bridgehead atoms. The number of rotatable bonds is 3. The van der Waals surface area contributed by atoms with E-state index in [1.807, 2.05) is 39.6 Å². The number of nitrogens with zero attached hydrogens (tertiary/aromatic N) is 4. The van der Waals surface area contributed by atoms with Crippen molar-refractivity contribution in [2.75, 3.05) is 31.6 Å². The van der Waals surface area contributed by atoms with Crippen LogP contribution in [0, 0.1) is 18.3 Å². The Balaban J connectivity index is 1.83. The van der Waals surface area contributed by atoms with E-state index in [9.17, 15) is 4.79 Å². The fraction of sp³-hybridized carbons (Fsp3) is 0.800. The number of anilines is 1. The Hall–Kier alpha value is -1.17. The number of carbonyl (C=O) groups excluding carboxylic acids is 1. The monoisotopic (exact) mass is 310 g/mol. The molecule has 1 fully saturated rings. The van der Waals surface area contributed by atoms with Gasteiger partial charge in [-0.3, -0.25) is 4.79 Å². The third kappa shape index (κ3) is 4.15. The number of aryl methyl sites for hydroxylation is 1. The minimum Gasteiger partial charge on any atom is -0.347 e. The van der Waals surface area contributed by atoms with Crippen molar-refractivity contribution in [1.29, 1.82) is 0 Å². The van der Waals surface area contributed by atoms with Gasteiger partial charge in [-0.15, -0.1) is 0 Å². The van der Waals surface area contributed by atoms with Gasteiger partial charge < -0.3 is 9.80 Å². The van der Waals surface area contributed by atoms with E-state index < -0.39 is 0 Å². The van der Waals surface area contributed by atoms with Gasteiger partial charge in [0.1, 0.15) is 5.82 Å². The van der Waals surface area contributed by atoms with Crippen LogP contribution < -0.4 is 4.90 Å². The Bertz CT molecular complexity index is 486. The molecule has 0 atom stereocenters. The van der Waals surface area contributed by atoms with E-state index in [0.29, 0.717) is 5.92 Å². The summed E-state index contributed by atoms with van der Waals surface area (Å²) in [7, 11) is 1.92. The number of aromatic nitrogens is 2. The van der Waals surface area contributed by atoms with Crippen molar-refractivity contribution in [3.8, 4) is 0 Å². The van der Waals surface area contributed by atoms with Crippen LogP contribution in [0.4, 0.5) is 5.13 Å². The van der Waals surface area contributed by atoms with Crippen molar-refractivity contribution in [3.63, 3.8) is 0 Å². The van der Waals surface area contributed by atoms with Crippen LogP contribution in [-0.2, 0) is 4.79 Å². The Morgan fingerprint density at radius 1 is 1.38 bits per heavy atom. The van der Waals surface area contributed by atoms with E-state index in [2.05, 4.69) is 14.3 Å². The normalized spacial score (nSPS) is 17.1. The fourth-order valence-electron chi connectivity index (χ4n) is 2.76. The van der Waals surface area contributed by atoms with Crippen molar-refractivity contribution in [3.05, 3.63) is 5.82 Å². The molecule has 0 unspecified atom stereocenters. The Labute approximate surface area is 131 Å². The lowest BCUT2D eigenvalue weighted by atomic mass is 9.92. The van der Waals surface area contributed by atoms with E-state index in [0.717, 1.165) is 43.4 Å². The van der Waals surface area contributed by atoms with E-state index in [-0.39, 0.29) is 11.3 Å². The van der Waals surface area contributed by atoms with Crippen LogP contribution in [0.2, 0.25) is 0 Å². The van der Waals surface area contributed by atoms with Crippen LogP contribution in [-0.4, -0.2) is 46.8 Å². The van der Waals surface area contributed by atoms with Crippen LogP contribution in [0.5, 0.6) is 0 Å². The fourth-order valence-corrected chi connectivity index (χ4v) is 3.49. The maximum absolute atomic E-state index is 12.2. The average molecular weight is 310 g/mol. The summed E-state index contributed by atoms with van der Waals surface area (Å²) in [6.45, 7) is 10.7. The summed E-state index contributed by atoms with van der Waals surface area (Å²) in [5.41, 5.74) is -0.292. The summed E-state index contributed by atoms with van der Waals surface area (Å²) in [6, 6.07) is 0. The van der Waals surface area contributed by atoms with Crippen LogP contribution in [0.3, 0.4) is 0 Å². The highest BCUT2D eigenvalue weighted by Crippen LogP contribution is 2.26. The SMILES string of the molecule is Cc1nsc(N2CCC(CN(C)C(=O)C(C)(C)C)CC2)n1. The molecule has 2 heterocycles. The van der Waals surface area contributed by atoms with Crippen molar-refractivity contribution in [2.45, 2.75) is 40.5 Å². The highest BCUT2D eigenvalue weighted by atomic mass is 32.1. The highest BCUT2D eigenvalue weighted by Gasteiger charge is 2.28. The number of amides is 1. The molecule has 21 heavy (non-hydrogen) atoms. The van der Waals surface area contributed by atoms with Crippen molar-refractivity contribution in [2.24, 2.45) is 11.3 Å². The van der Waals surface area contributed by atoms with Gasteiger partial charge in [-0.2, -0.15) is 4.37 Å². The van der Waals surface area contributed by atoms with Crippen molar-refractivity contribution in [1.82, 2.24) is 14.3 Å². The van der Waals surface area contributed by atoms with E-state index >= 15 is 0 Å². The first-order chi connectivity index (χ1) is 9.77. The molecular formula is C15H26N4OS. The van der Waals surface area contributed by atoms with Gasteiger partial charge in [0, 0.05) is 43.6 Å². The molecular weight excluding hydrogens is 284 g/mol. The summed E-state index contributed by atoms with van der Waals surface area (Å²) >= 11 is 1.48. The molecule has 0 N–H and O–H groups in total. The van der Waals surface area contributed by atoms with E-state index in [4.69, 9.17) is 0 Å². The molecule has 1 amide bonds. The van der Waals surface area contributed by atoms with Crippen LogP contribution in [0.15, 0.2) is 0 Å². The molecule has 2 rings (SSSR count). The molecule has 0 radical (unpaired) electrons. The molecule has 1 saturated heterocycles. The van der Waals surface area contributed by atoms with Crippen LogP contribution in [0.1, 0.15) is 39.4 Å². The second-order valence-electron chi connectivity index (χ2n) is 6.99. The standard InChI is InChI=1S/C15H26N4OS/c1-11-16-14(21-17-11)19-8-6-12(7-9-19)10-18(5)13(20)15(2,3)4/h12H,6-10H2,1-5H3. The van der Waals surface area contributed by atoms with E-state index in [1.165, 1.54) is 11.5 Å². The van der Waals surface area contributed by atoms with E-state index in [1.54, 1.807) is 0 Å². The molecule has 1 aromatic heterocycles. The summed E-state index contributed by atoms with van der Waals surface area (Å²) in [4.78, 5) is 20.9. The summed E-state index contributed by atoms with van der Waals surface area (Å²) < 4.78 is 4.25. The highest BCUT2D eigenvalue weighted by molar-refractivity contribution is 7.09. The topological polar surface area (TPSA) is 49.3 Å². The van der Waals surface area contributed by atoms with Gasteiger partial charge in [-0.1, -0.05) is 20.8 Å². The summed E-state index contributed by atoms with van der Waals surface area (Å²) in [5, 5.41) is 1.03. The molecule has 0 spiro atoms. The predicted molar refractivity (Wildman–Crippen MR) is 86.7 cm³/mol. The largest absolute Gasteiger partial charge is 0.347 e. The van der Waals surface area contributed by atoms with Gasteiger partial charge in [0.05, 0.1) is 0 Å². The molecule has 5 nitrogen and oxygen atoms in total. The van der Waals surface area contributed by atoms with Gasteiger partial charge >= 0.3 is 0 Å². The maximum atomic E-state index is 12.2. The lowest BCUT2D eigenvalue weighted by Crippen LogP contribution is -2.42. The van der Waals surface area contributed by atoms with Crippen molar-refractivity contribution >= 4 is 22.6 Å². The smallest absolute Gasteiger partial charge is 0.227 e. The first-order valence-electron chi connectivity index (χ1n) is 7.58. The molecule has 0 aliphatic carbocycles. The molecule has 1 aliphatic heterocycles. The molecule has 1 aliphatic rings. The second-order valence-corrected chi connectivity index (χ2v) is 7.72. The first kappa shape index (κ1) is 16.2. The predicted octanol–water partition coefficient (Wildman–Crippen LogP) is 2.57. The van der Waals surface area contributed by atoms with Gasteiger partial charge in [0.25, 0.3) is 0 Å². The molecule has 0 saturated carbocycles. The lowest BCUT2D eigenvalue weighted by molar-refractivity contribution is -0.138. The number of piperidine rings is 1. The lowest BCUT2D eigenvalue weighted by Gasteiger charge is -2.35. The number of carbonyl (C=O) groups is 1. The van der Waals surface area contributed by atoms with Crippen LogP contribution >= 0.6 is 11.5 Å². The Morgan fingerprint density at radius 2 is 2.00 bits per heavy atom. The van der Waals surface area contributed by atoms with Gasteiger partial charge in [-0.05, 0) is 25.7 Å². The first-order valence-corrected chi connectivity index (χ1v) is 8.35. The van der Waals surface area contributed by atoms with Gasteiger partial charge in [-0.25, -0.2) is 4.98 Å². The zero-order valence-electron chi connectivity index (χ0n) is 13.7. The minimum absolute atomic E-state index is 0.227. The van der Waals surface area contributed by atoms with Gasteiger partial charge in [0.15, 0.2) is 0 Å². The second kappa shape index (κ2) is 6.30. The number of hydrogen-bond donors (Lipinski definition) is 0. The Kier molecular flexibility index (Phi) is 4.86. The molecule has 0 aromatic carbocycles. The average Bonchev–Trinajstić information content (AvgIpc) is 2.84. The quantitative estimate of drug-likeness (QED) is 0.861. The van der Waals surface area contributed by atoms with Crippen molar-refractivity contribution < 1.29 is 4.79 Å². The third-order valence-electron chi connectivity index (χ3n) is 3.92. The number of hydrogen-bond acceptors (Lipinski definition) is 5. The van der Waals surface area contributed by atoms with Crippen LogP contribution in [0.25, 0.3) is 0 Å². The zero-order valence-corrected chi connectivity index (χ0v) is 14.5. The maximum Gasteiger partial charge on any atom is 0.227 e. The summed E-state index contributed by atoms with van der Waals surface area (Å²) in [5.74, 6) is 1.67. The molecule has 118 valence electrons. The summed E-state index contributed by atoms with van der Waals surface area (Å²) in [6.07, 6.45) is 2.22. The third-order valence-corrected chi connectivity index (χ3v) is 4.79.